The third kappa shape index (κ3) is 5.70. The second kappa shape index (κ2) is 10.1. The summed E-state index contributed by atoms with van der Waals surface area (Å²) in [5.41, 5.74) is 0.846. The van der Waals surface area contributed by atoms with Gasteiger partial charge < -0.3 is 25.9 Å². The fourth-order valence-corrected chi connectivity index (χ4v) is 2.42. The Balaban J connectivity index is 2.03. The first kappa shape index (κ1) is 20.2. The average molecular weight is 400 g/mol. The van der Waals surface area contributed by atoms with Crippen molar-refractivity contribution in [2.24, 2.45) is 0 Å². The number of aliphatic hydroxyl groups is 1. The molecule has 2 aromatic rings. The van der Waals surface area contributed by atoms with E-state index < -0.39 is 5.56 Å². The van der Waals surface area contributed by atoms with Gasteiger partial charge in [-0.1, -0.05) is 29.3 Å². The number of benzene rings is 1. The number of aliphatic hydroxyl groups excluding tert-OH is 1. The lowest BCUT2D eigenvalue weighted by molar-refractivity contribution is 0.0992. The van der Waals surface area contributed by atoms with Gasteiger partial charge in [0.1, 0.15) is 11.4 Å². The van der Waals surface area contributed by atoms with Crippen molar-refractivity contribution in [3.63, 3.8) is 0 Å². The van der Waals surface area contributed by atoms with Crippen molar-refractivity contribution in [3.05, 3.63) is 49.9 Å². The van der Waals surface area contributed by atoms with Gasteiger partial charge in [-0.3, -0.25) is 9.78 Å². The van der Waals surface area contributed by atoms with Gasteiger partial charge in [0.05, 0.1) is 29.9 Å². The molecule has 0 aliphatic heterocycles. The third-order valence-electron chi connectivity index (χ3n) is 3.31. The zero-order valence-corrected chi connectivity index (χ0v) is 15.3. The maximum absolute atomic E-state index is 12.2. The van der Waals surface area contributed by atoms with Crippen LogP contribution in [-0.4, -0.2) is 47.7 Å². The van der Waals surface area contributed by atoms with Crippen LogP contribution in [0.3, 0.4) is 0 Å². The van der Waals surface area contributed by atoms with Crippen LogP contribution < -0.4 is 16.2 Å². The Hall–Kier alpha value is -2.13. The van der Waals surface area contributed by atoms with Crippen LogP contribution in [0.25, 0.3) is 0 Å². The smallest absolute Gasteiger partial charge is 0.276 e. The molecular formula is C16H19Cl2N5O3. The first-order valence-corrected chi connectivity index (χ1v) is 8.55. The number of ether oxygens (including phenoxy) is 1. The fourth-order valence-electron chi connectivity index (χ4n) is 2.10. The van der Waals surface area contributed by atoms with Crippen molar-refractivity contribution in [1.29, 1.82) is 5.41 Å². The summed E-state index contributed by atoms with van der Waals surface area (Å²) in [5, 5.41) is 22.9. The summed E-state index contributed by atoms with van der Waals surface area (Å²) in [6.45, 7) is 1.20. The summed E-state index contributed by atoms with van der Waals surface area (Å²) in [7, 11) is 0. The Morgan fingerprint density at radius 3 is 2.77 bits per heavy atom. The number of nitrogens with zero attached hydrogens (tertiary/aromatic N) is 1. The molecule has 0 saturated heterocycles. The van der Waals surface area contributed by atoms with Crippen LogP contribution in [0.5, 0.6) is 0 Å². The van der Waals surface area contributed by atoms with E-state index in [0.717, 1.165) is 11.8 Å². The molecule has 0 unspecified atom stereocenters. The van der Waals surface area contributed by atoms with Crippen molar-refractivity contribution < 1.29 is 9.84 Å². The predicted octanol–water partition coefficient (Wildman–Crippen LogP) is 2.11. The Morgan fingerprint density at radius 1 is 1.27 bits per heavy atom. The molecule has 0 saturated carbocycles. The number of hydrogen-bond acceptors (Lipinski definition) is 7. The van der Waals surface area contributed by atoms with Crippen LogP contribution >= 0.6 is 23.2 Å². The Morgan fingerprint density at radius 2 is 2.08 bits per heavy atom. The van der Waals surface area contributed by atoms with Gasteiger partial charge in [0.2, 0.25) is 5.95 Å². The molecule has 0 amide bonds. The molecule has 2 rings (SSSR count). The van der Waals surface area contributed by atoms with Gasteiger partial charge in [-0.2, -0.15) is 0 Å². The molecule has 0 atom stereocenters. The fraction of sp³-hybridized carbons (Fsp3) is 0.312. The number of H-pyrrole nitrogens is 1. The van der Waals surface area contributed by atoms with E-state index in [1.165, 1.54) is 0 Å². The highest BCUT2D eigenvalue weighted by molar-refractivity contribution is 6.42. The van der Waals surface area contributed by atoms with Gasteiger partial charge in [-0.15, -0.1) is 0 Å². The molecule has 1 aromatic heterocycles. The zero-order chi connectivity index (χ0) is 18.9. The summed E-state index contributed by atoms with van der Waals surface area (Å²) in [5.74, 6) is 0.238. The monoisotopic (exact) mass is 399 g/mol. The Labute approximate surface area is 160 Å². The molecule has 0 aliphatic carbocycles. The van der Waals surface area contributed by atoms with E-state index in [0.29, 0.717) is 29.7 Å². The lowest BCUT2D eigenvalue weighted by Crippen LogP contribution is -2.23. The highest BCUT2D eigenvalue weighted by Crippen LogP contribution is 2.22. The standard InChI is InChI=1S/C16H19Cl2N5O3/c17-11-2-1-10(7-12(11)18)9-21-16-22-13(8-19)14(15(25)23-16)20-3-5-26-6-4-24/h1-2,7-8,19-20,24H,3-6,9H2,(H2,21,22,23,25). The normalized spacial score (nSPS) is 10.6. The maximum atomic E-state index is 12.2. The van der Waals surface area contributed by atoms with Crippen LogP contribution in [0, 0.1) is 5.41 Å². The van der Waals surface area contributed by atoms with Crippen molar-refractivity contribution >= 4 is 41.1 Å². The minimum atomic E-state index is -0.405. The zero-order valence-electron chi connectivity index (χ0n) is 13.8. The van der Waals surface area contributed by atoms with E-state index in [9.17, 15) is 4.79 Å². The molecule has 140 valence electrons. The SMILES string of the molecule is N=Cc1nc(NCc2ccc(Cl)c(Cl)c2)[nH]c(=O)c1NCCOCCO. The van der Waals surface area contributed by atoms with Gasteiger partial charge in [0.15, 0.2) is 0 Å². The summed E-state index contributed by atoms with van der Waals surface area (Å²) in [4.78, 5) is 19.1. The van der Waals surface area contributed by atoms with Crippen molar-refractivity contribution in [1.82, 2.24) is 9.97 Å². The lowest BCUT2D eigenvalue weighted by Gasteiger charge is -2.11. The predicted molar refractivity (Wildman–Crippen MR) is 103 cm³/mol. The second-order valence-electron chi connectivity index (χ2n) is 5.18. The molecule has 0 radical (unpaired) electrons. The van der Waals surface area contributed by atoms with Crippen LogP contribution in [0.1, 0.15) is 11.3 Å². The van der Waals surface area contributed by atoms with Crippen molar-refractivity contribution in [2.75, 3.05) is 37.0 Å². The summed E-state index contributed by atoms with van der Waals surface area (Å²) < 4.78 is 5.11. The van der Waals surface area contributed by atoms with Gasteiger partial charge in [0, 0.05) is 19.3 Å². The Kier molecular flexibility index (Phi) is 7.86. The van der Waals surface area contributed by atoms with Gasteiger partial charge in [0.25, 0.3) is 5.56 Å². The molecule has 26 heavy (non-hydrogen) atoms. The summed E-state index contributed by atoms with van der Waals surface area (Å²) in [6, 6.07) is 5.21. The highest BCUT2D eigenvalue weighted by Gasteiger charge is 2.10. The molecule has 10 heteroatoms. The highest BCUT2D eigenvalue weighted by atomic mass is 35.5. The van der Waals surface area contributed by atoms with E-state index in [1.807, 2.05) is 0 Å². The average Bonchev–Trinajstić information content (AvgIpc) is 2.63. The molecule has 5 N–H and O–H groups in total. The minimum Gasteiger partial charge on any atom is -0.394 e. The number of hydrogen-bond donors (Lipinski definition) is 5. The van der Waals surface area contributed by atoms with Crippen LogP contribution in [-0.2, 0) is 11.3 Å². The molecule has 0 bridgehead atoms. The largest absolute Gasteiger partial charge is 0.394 e. The summed E-state index contributed by atoms with van der Waals surface area (Å²) in [6.07, 6.45) is 0.997. The first-order valence-electron chi connectivity index (χ1n) is 7.80. The Bertz CT molecular complexity index is 813. The number of rotatable bonds is 10. The number of anilines is 2. The van der Waals surface area contributed by atoms with Crippen LogP contribution in [0.4, 0.5) is 11.6 Å². The van der Waals surface area contributed by atoms with Crippen molar-refractivity contribution in [2.45, 2.75) is 6.54 Å². The van der Waals surface area contributed by atoms with Gasteiger partial charge in [-0.05, 0) is 17.7 Å². The second-order valence-corrected chi connectivity index (χ2v) is 6.00. The van der Waals surface area contributed by atoms with E-state index >= 15 is 0 Å². The number of aromatic amines is 1. The van der Waals surface area contributed by atoms with Crippen LogP contribution in [0.15, 0.2) is 23.0 Å². The van der Waals surface area contributed by atoms with E-state index in [4.69, 9.17) is 38.5 Å². The van der Waals surface area contributed by atoms with E-state index in [1.54, 1.807) is 18.2 Å². The molecule has 0 fully saturated rings. The topological polar surface area (TPSA) is 123 Å². The maximum Gasteiger partial charge on any atom is 0.276 e. The number of nitrogens with one attached hydrogen (secondary N) is 4. The van der Waals surface area contributed by atoms with Gasteiger partial charge >= 0.3 is 0 Å². The van der Waals surface area contributed by atoms with Crippen LogP contribution in [0.2, 0.25) is 10.0 Å². The quantitative estimate of drug-likeness (QED) is 0.308. The van der Waals surface area contributed by atoms with E-state index in [2.05, 4.69) is 20.6 Å². The third-order valence-corrected chi connectivity index (χ3v) is 4.05. The lowest BCUT2D eigenvalue weighted by atomic mass is 10.2. The van der Waals surface area contributed by atoms with E-state index in [-0.39, 0.29) is 30.5 Å². The molecule has 8 nitrogen and oxygen atoms in total. The van der Waals surface area contributed by atoms with Gasteiger partial charge in [-0.25, -0.2) is 4.98 Å². The number of halogens is 2. The molecule has 1 aromatic carbocycles. The van der Waals surface area contributed by atoms with Crippen molar-refractivity contribution in [3.8, 4) is 0 Å². The molecule has 1 heterocycles. The minimum absolute atomic E-state index is 0.0624. The number of aromatic nitrogens is 2. The first-order chi connectivity index (χ1) is 12.5. The summed E-state index contributed by atoms with van der Waals surface area (Å²) >= 11 is 11.9. The molecule has 0 spiro atoms. The molecular weight excluding hydrogens is 381 g/mol. The molecule has 0 aliphatic rings.